The monoisotopic (exact) mass is 239 g/mol. The summed E-state index contributed by atoms with van der Waals surface area (Å²) in [7, 11) is 0. The van der Waals surface area contributed by atoms with Crippen molar-refractivity contribution in [3.8, 4) is 0 Å². The molecule has 0 fully saturated rings. The first-order valence-corrected chi connectivity index (χ1v) is 4.26. The minimum absolute atomic E-state index is 0.340. The molecule has 0 amide bonds. The SMILES string of the molecule is Fc1ccc(CBr)nc1C(F)F. The number of alkyl halides is 3. The van der Waals surface area contributed by atoms with Crippen LogP contribution in [0.1, 0.15) is 17.8 Å². The molecular formula is C7H5BrF3N. The van der Waals surface area contributed by atoms with Crippen LogP contribution in [0.15, 0.2) is 12.1 Å². The predicted octanol–water partition coefficient (Wildman–Crippen LogP) is 3.05. The van der Waals surface area contributed by atoms with Gasteiger partial charge >= 0.3 is 0 Å². The van der Waals surface area contributed by atoms with Gasteiger partial charge in [-0.25, -0.2) is 18.2 Å². The van der Waals surface area contributed by atoms with E-state index in [0.29, 0.717) is 11.0 Å². The molecule has 0 saturated carbocycles. The van der Waals surface area contributed by atoms with Crippen LogP contribution in [0.4, 0.5) is 13.2 Å². The second-order valence-electron chi connectivity index (χ2n) is 2.10. The van der Waals surface area contributed by atoms with E-state index in [9.17, 15) is 13.2 Å². The van der Waals surface area contributed by atoms with Gasteiger partial charge in [-0.1, -0.05) is 15.9 Å². The Morgan fingerprint density at radius 1 is 1.42 bits per heavy atom. The second-order valence-corrected chi connectivity index (χ2v) is 2.66. The van der Waals surface area contributed by atoms with E-state index < -0.39 is 17.9 Å². The maximum atomic E-state index is 12.6. The lowest BCUT2D eigenvalue weighted by Gasteiger charge is -2.01. The molecular weight excluding hydrogens is 235 g/mol. The van der Waals surface area contributed by atoms with E-state index in [1.54, 1.807) is 0 Å². The average molecular weight is 240 g/mol. The Kier molecular flexibility index (Phi) is 3.08. The second kappa shape index (κ2) is 3.89. The van der Waals surface area contributed by atoms with E-state index in [1.165, 1.54) is 6.07 Å². The van der Waals surface area contributed by atoms with Crippen LogP contribution in [0.3, 0.4) is 0 Å². The molecule has 1 aromatic rings. The summed E-state index contributed by atoms with van der Waals surface area (Å²) in [5, 5.41) is 0.340. The van der Waals surface area contributed by atoms with E-state index in [4.69, 9.17) is 0 Å². The maximum Gasteiger partial charge on any atom is 0.283 e. The molecule has 0 saturated heterocycles. The van der Waals surface area contributed by atoms with E-state index in [2.05, 4.69) is 20.9 Å². The van der Waals surface area contributed by atoms with Gasteiger partial charge < -0.3 is 0 Å². The number of aromatic nitrogens is 1. The summed E-state index contributed by atoms with van der Waals surface area (Å²) in [6.07, 6.45) is -2.86. The molecule has 0 N–H and O–H groups in total. The van der Waals surface area contributed by atoms with Crippen LogP contribution >= 0.6 is 15.9 Å². The molecule has 1 rings (SSSR count). The molecule has 5 heteroatoms. The molecule has 0 spiro atoms. The number of hydrogen-bond donors (Lipinski definition) is 0. The molecule has 1 aromatic heterocycles. The molecule has 12 heavy (non-hydrogen) atoms. The molecule has 0 aliphatic rings. The van der Waals surface area contributed by atoms with Crippen molar-refractivity contribution in [2.75, 3.05) is 0 Å². The normalized spacial score (nSPS) is 10.8. The van der Waals surface area contributed by atoms with E-state index in [-0.39, 0.29) is 0 Å². The van der Waals surface area contributed by atoms with Gasteiger partial charge in [0, 0.05) is 5.33 Å². The van der Waals surface area contributed by atoms with Gasteiger partial charge in [0.15, 0.2) is 5.82 Å². The van der Waals surface area contributed by atoms with Crippen LogP contribution in [0, 0.1) is 5.82 Å². The Balaban J connectivity index is 3.08. The van der Waals surface area contributed by atoms with Gasteiger partial charge in [0.1, 0.15) is 5.69 Å². The molecule has 0 aliphatic heterocycles. The third-order valence-electron chi connectivity index (χ3n) is 1.27. The third-order valence-corrected chi connectivity index (χ3v) is 1.85. The van der Waals surface area contributed by atoms with Crippen LogP contribution in [-0.4, -0.2) is 4.98 Å². The lowest BCUT2D eigenvalue weighted by Crippen LogP contribution is -1.98. The zero-order valence-electron chi connectivity index (χ0n) is 5.90. The molecule has 1 heterocycles. The molecule has 0 unspecified atom stereocenters. The quantitative estimate of drug-likeness (QED) is 0.724. The highest BCUT2D eigenvalue weighted by atomic mass is 79.9. The van der Waals surface area contributed by atoms with Gasteiger partial charge in [-0.05, 0) is 12.1 Å². The van der Waals surface area contributed by atoms with Gasteiger partial charge in [0.25, 0.3) is 6.43 Å². The highest BCUT2D eigenvalue weighted by molar-refractivity contribution is 9.08. The van der Waals surface area contributed by atoms with Gasteiger partial charge in [-0.3, -0.25) is 0 Å². The molecule has 1 nitrogen and oxygen atoms in total. The highest BCUT2D eigenvalue weighted by Crippen LogP contribution is 2.20. The van der Waals surface area contributed by atoms with E-state index >= 15 is 0 Å². The zero-order valence-corrected chi connectivity index (χ0v) is 7.48. The first-order valence-electron chi connectivity index (χ1n) is 3.14. The van der Waals surface area contributed by atoms with Gasteiger partial charge in [0.05, 0.1) is 5.69 Å². The van der Waals surface area contributed by atoms with E-state index in [0.717, 1.165) is 6.07 Å². The largest absolute Gasteiger partial charge is 0.283 e. The standard InChI is InChI=1S/C7H5BrF3N/c8-3-4-1-2-5(9)6(12-4)7(10)11/h1-2,7H,3H2. The molecule has 0 bridgehead atoms. The van der Waals surface area contributed by atoms with Crippen LogP contribution < -0.4 is 0 Å². The summed E-state index contributed by atoms with van der Waals surface area (Å²) in [6, 6.07) is 2.35. The zero-order chi connectivity index (χ0) is 9.14. The summed E-state index contributed by atoms with van der Waals surface area (Å²) in [4.78, 5) is 3.42. The van der Waals surface area contributed by atoms with Crippen molar-refractivity contribution in [3.63, 3.8) is 0 Å². The first-order chi connectivity index (χ1) is 5.65. The van der Waals surface area contributed by atoms with Crippen molar-refractivity contribution < 1.29 is 13.2 Å². The van der Waals surface area contributed by atoms with Crippen LogP contribution in [0.2, 0.25) is 0 Å². The fourth-order valence-electron chi connectivity index (χ4n) is 0.728. The smallest absolute Gasteiger partial charge is 0.248 e. The van der Waals surface area contributed by atoms with Crippen molar-refractivity contribution in [2.45, 2.75) is 11.8 Å². The van der Waals surface area contributed by atoms with Crippen LogP contribution in [0.5, 0.6) is 0 Å². The van der Waals surface area contributed by atoms with Gasteiger partial charge in [0.2, 0.25) is 0 Å². The summed E-state index contributed by atoms with van der Waals surface area (Å²) >= 11 is 3.04. The number of rotatable bonds is 2. The van der Waals surface area contributed by atoms with Crippen molar-refractivity contribution in [1.29, 1.82) is 0 Å². The molecule has 0 atom stereocenters. The Hall–Kier alpha value is -0.580. The number of nitrogens with zero attached hydrogens (tertiary/aromatic N) is 1. The Labute approximate surface area is 75.7 Å². The van der Waals surface area contributed by atoms with Crippen molar-refractivity contribution in [3.05, 3.63) is 29.3 Å². The van der Waals surface area contributed by atoms with Gasteiger partial charge in [-0.2, -0.15) is 0 Å². The fourth-order valence-corrected chi connectivity index (χ4v) is 1.04. The molecule has 0 aliphatic carbocycles. The first kappa shape index (κ1) is 9.51. The van der Waals surface area contributed by atoms with Gasteiger partial charge in [-0.15, -0.1) is 0 Å². The van der Waals surface area contributed by atoms with E-state index in [1.807, 2.05) is 0 Å². The molecule has 66 valence electrons. The number of pyridine rings is 1. The number of halogens is 4. The maximum absolute atomic E-state index is 12.6. The van der Waals surface area contributed by atoms with Crippen molar-refractivity contribution >= 4 is 15.9 Å². The number of hydrogen-bond acceptors (Lipinski definition) is 1. The van der Waals surface area contributed by atoms with Crippen LogP contribution in [0.25, 0.3) is 0 Å². The fraction of sp³-hybridized carbons (Fsp3) is 0.286. The summed E-state index contributed by atoms with van der Waals surface area (Å²) < 4.78 is 36.7. The Morgan fingerprint density at radius 2 is 2.08 bits per heavy atom. The average Bonchev–Trinajstić information content (AvgIpc) is 2.05. The Bertz CT molecular complexity index is 277. The van der Waals surface area contributed by atoms with Crippen molar-refractivity contribution in [1.82, 2.24) is 4.98 Å². The minimum atomic E-state index is -2.86. The topological polar surface area (TPSA) is 12.9 Å². The summed E-state index contributed by atoms with van der Waals surface area (Å²) in [5.41, 5.74) is -0.390. The minimum Gasteiger partial charge on any atom is -0.248 e. The highest BCUT2D eigenvalue weighted by Gasteiger charge is 2.15. The predicted molar refractivity (Wildman–Crippen MR) is 41.8 cm³/mol. The third kappa shape index (κ3) is 1.97. The summed E-state index contributed by atoms with van der Waals surface area (Å²) in [6.45, 7) is 0. The molecule has 0 radical (unpaired) electrons. The van der Waals surface area contributed by atoms with Crippen LogP contribution in [-0.2, 0) is 5.33 Å². The summed E-state index contributed by atoms with van der Waals surface area (Å²) in [5.74, 6) is -0.963. The lowest BCUT2D eigenvalue weighted by molar-refractivity contribution is 0.140. The Morgan fingerprint density at radius 3 is 2.58 bits per heavy atom. The molecule has 0 aromatic carbocycles. The van der Waals surface area contributed by atoms with Crippen molar-refractivity contribution in [2.24, 2.45) is 0 Å². The lowest BCUT2D eigenvalue weighted by atomic mass is 10.3.